The van der Waals surface area contributed by atoms with Gasteiger partial charge in [0.2, 0.25) is 0 Å². The summed E-state index contributed by atoms with van der Waals surface area (Å²) in [6.07, 6.45) is 3.59. The number of piperidine rings is 1. The Morgan fingerprint density at radius 3 is 2.61 bits per heavy atom. The molecule has 2 heterocycles. The van der Waals surface area contributed by atoms with Crippen molar-refractivity contribution in [1.82, 2.24) is 4.90 Å². The second kappa shape index (κ2) is 4.51. The van der Waals surface area contributed by atoms with Gasteiger partial charge < -0.3 is 0 Å². The molecule has 2 saturated heterocycles. The molecular formula is C16H21NO. The summed E-state index contributed by atoms with van der Waals surface area (Å²) in [7, 11) is 2.19. The maximum absolute atomic E-state index is 12.1. The molecule has 2 aliphatic rings. The number of hydrogen-bond donors (Lipinski definition) is 0. The molecule has 0 amide bonds. The molecule has 2 aliphatic heterocycles. The van der Waals surface area contributed by atoms with E-state index in [0.717, 1.165) is 6.42 Å². The fraction of sp³-hybridized carbons (Fsp3) is 0.562. The van der Waals surface area contributed by atoms with E-state index in [1.165, 1.54) is 18.4 Å². The van der Waals surface area contributed by atoms with E-state index in [4.69, 9.17) is 0 Å². The molecule has 0 spiro atoms. The lowest BCUT2D eigenvalue weighted by Crippen LogP contribution is -2.48. The number of fused-ring (bicyclic) bond motifs is 2. The molecule has 0 N–H and O–H groups in total. The minimum Gasteiger partial charge on any atom is -0.300 e. The first-order valence-electron chi connectivity index (χ1n) is 6.96. The van der Waals surface area contributed by atoms with E-state index in [1.54, 1.807) is 6.92 Å². The summed E-state index contributed by atoms with van der Waals surface area (Å²) in [5.41, 5.74) is 1.35. The molecule has 0 aliphatic carbocycles. The highest BCUT2D eigenvalue weighted by Gasteiger charge is 2.47. The quantitative estimate of drug-likeness (QED) is 0.796. The van der Waals surface area contributed by atoms with Crippen molar-refractivity contribution >= 4 is 5.78 Å². The first-order chi connectivity index (χ1) is 8.68. The highest BCUT2D eigenvalue weighted by molar-refractivity contribution is 5.80. The van der Waals surface area contributed by atoms with E-state index in [0.29, 0.717) is 23.8 Å². The Bertz CT molecular complexity index is 442. The summed E-state index contributed by atoms with van der Waals surface area (Å²) in [5.74, 6) is 0.981. The molecule has 18 heavy (non-hydrogen) atoms. The highest BCUT2D eigenvalue weighted by atomic mass is 16.1. The van der Waals surface area contributed by atoms with Crippen LogP contribution in [-0.4, -0.2) is 29.8 Å². The molecule has 0 radical (unpaired) electrons. The lowest BCUT2D eigenvalue weighted by atomic mass is 9.74. The summed E-state index contributed by atoms with van der Waals surface area (Å²) in [6, 6.07) is 11.7. The van der Waals surface area contributed by atoms with Crippen LogP contribution >= 0.6 is 0 Å². The Morgan fingerprint density at radius 2 is 1.94 bits per heavy atom. The van der Waals surface area contributed by atoms with Gasteiger partial charge in [-0.3, -0.25) is 9.69 Å². The fourth-order valence-corrected chi connectivity index (χ4v) is 4.06. The maximum Gasteiger partial charge on any atom is 0.135 e. The number of carbonyl (C=O) groups excluding carboxylic acids is 1. The van der Waals surface area contributed by atoms with Gasteiger partial charge in [-0.2, -0.15) is 0 Å². The number of benzene rings is 1. The Morgan fingerprint density at radius 1 is 1.22 bits per heavy atom. The number of Topliss-reactive ketones (excluding diaryl/α,β-unsaturated/α-hetero) is 1. The molecule has 2 heteroatoms. The Kier molecular flexibility index (Phi) is 2.98. The summed E-state index contributed by atoms with van der Waals surface area (Å²) in [5, 5.41) is 0. The molecule has 2 nitrogen and oxygen atoms in total. The normalized spacial score (nSPS) is 35.7. The molecule has 2 bridgehead atoms. The summed E-state index contributed by atoms with van der Waals surface area (Å²) in [6.45, 7) is 1.77. The van der Waals surface area contributed by atoms with Crippen LogP contribution in [0.2, 0.25) is 0 Å². The van der Waals surface area contributed by atoms with Gasteiger partial charge in [0.1, 0.15) is 5.78 Å². The number of rotatable bonds is 2. The highest BCUT2D eigenvalue weighted by Crippen LogP contribution is 2.46. The number of carbonyl (C=O) groups is 1. The van der Waals surface area contributed by atoms with Crippen LogP contribution in [0.15, 0.2) is 30.3 Å². The fourth-order valence-electron chi connectivity index (χ4n) is 4.06. The maximum atomic E-state index is 12.1. The zero-order valence-electron chi connectivity index (χ0n) is 11.2. The lowest BCUT2D eigenvalue weighted by molar-refractivity contribution is -0.124. The molecular weight excluding hydrogens is 222 g/mol. The number of nitrogens with zero attached hydrogens (tertiary/aromatic N) is 1. The average Bonchev–Trinajstić information content (AvgIpc) is 2.63. The number of hydrogen-bond acceptors (Lipinski definition) is 2. The van der Waals surface area contributed by atoms with Crippen molar-refractivity contribution < 1.29 is 4.79 Å². The summed E-state index contributed by atoms with van der Waals surface area (Å²) < 4.78 is 0. The van der Waals surface area contributed by atoms with Crippen molar-refractivity contribution in [2.75, 3.05) is 7.05 Å². The third-order valence-corrected chi connectivity index (χ3v) is 4.97. The first kappa shape index (κ1) is 11.9. The molecule has 0 aromatic heterocycles. The van der Waals surface area contributed by atoms with E-state index >= 15 is 0 Å². The predicted octanol–water partition coefficient (Wildman–Crippen LogP) is 2.84. The Balaban J connectivity index is 1.96. The molecule has 1 aromatic rings. The average molecular weight is 243 g/mol. The summed E-state index contributed by atoms with van der Waals surface area (Å²) in [4.78, 5) is 14.5. The third kappa shape index (κ3) is 1.79. The predicted molar refractivity (Wildman–Crippen MR) is 72.5 cm³/mol. The van der Waals surface area contributed by atoms with Crippen molar-refractivity contribution in [2.24, 2.45) is 5.92 Å². The molecule has 2 fully saturated rings. The van der Waals surface area contributed by atoms with Crippen LogP contribution in [0.4, 0.5) is 0 Å². The lowest BCUT2D eigenvalue weighted by Gasteiger charge is -2.42. The Labute approximate surface area is 109 Å². The molecule has 4 atom stereocenters. The van der Waals surface area contributed by atoms with Crippen LogP contribution < -0.4 is 0 Å². The molecule has 96 valence electrons. The van der Waals surface area contributed by atoms with Gasteiger partial charge in [0, 0.05) is 18.0 Å². The SMILES string of the molecule is CC(=O)[C@H]1C2CCC(C[C@@H]1c1ccccc1)N2C. The van der Waals surface area contributed by atoms with E-state index in [9.17, 15) is 4.79 Å². The van der Waals surface area contributed by atoms with Gasteiger partial charge in [-0.05, 0) is 44.7 Å². The van der Waals surface area contributed by atoms with Crippen LogP contribution in [0, 0.1) is 5.92 Å². The minimum absolute atomic E-state index is 0.191. The topological polar surface area (TPSA) is 20.3 Å². The molecule has 2 unspecified atom stereocenters. The first-order valence-corrected chi connectivity index (χ1v) is 6.96. The van der Waals surface area contributed by atoms with Gasteiger partial charge in [0.15, 0.2) is 0 Å². The molecule has 0 saturated carbocycles. The second-order valence-electron chi connectivity index (χ2n) is 5.85. The van der Waals surface area contributed by atoms with Crippen LogP contribution in [0.1, 0.15) is 37.7 Å². The van der Waals surface area contributed by atoms with Gasteiger partial charge in [0.25, 0.3) is 0 Å². The van der Waals surface area contributed by atoms with E-state index in [1.807, 2.05) is 0 Å². The van der Waals surface area contributed by atoms with Crippen molar-refractivity contribution in [2.45, 2.75) is 44.2 Å². The van der Waals surface area contributed by atoms with Crippen LogP contribution in [-0.2, 0) is 4.79 Å². The number of ketones is 1. The smallest absolute Gasteiger partial charge is 0.135 e. The standard InChI is InChI=1S/C16H21NO/c1-11(18)16-14(12-6-4-3-5-7-12)10-13-8-9-15(16)17(13)2/h3-7,13-16H,8-10H2,1-2H3/t13?,14-,15?,16-/m1/s1. The van der Waals surface area contributed by atoms with Gasteiger partial charge in [-0.1, -0.05) is 30.3 Å². The van der Waals surface area contributed by atoms with E-state index in [-0.39, 0.29) is 5.92 Å². The van der Waals surface area contributed by atoms with Gasteiger partial charge >= 0.3 is 0 Å². The van der Waals surface area contributed by atoms with Crippen molar-refractivity contribution in [1.29, 1.82) is 0 Å². The third-order valence-electron chi connectivity index (χ3n) is 4.97. The van der Waals surface area contributed by atoms with Crippen LogP contribution in [0.25, 0.3) is 0 Å². The van der Waals surface area contributed by atoms with Crippen molar-refractivity contribution in [3.63, 3.8) is 0 Å². The van der Waals surface area contributed by atoms with Crippen LogP contribution in [0.3, 0.4) is 0 Å². The Hall–Kier alpha value is -1.15. The van der Waals surface area contributed by atoms with Gasteiger partial charge in [0.05, 0.1) is 0 Å². The van der Waals surface area contributed by atoms with Crippen LogP contribution in [0.5, 0.6) is 0 Å². The second-order valence-corrected chi connectivity index (χ2v) is 5.85. The molecule has 1 aromatic carbocycles. The van der Waals surface area contributed by atoms with Crippen molar-refractivity contribution in [3.05, 3.63) is 35.9 Å². The zero-order valence-corrected chi connectivity index (χ0v) is 11.2. The van der Waals surface area contributed by atoms with Gasteiger partial charge in [-0.25, -0.2) is 0 Å². The summed E-state index contributed by atoms with van der Waals surface area (Å²) >= 11 is 0. The van der Waals surface area contributed by atoms with Crippen molar-refractivity contribution in [3.8, 4) is 0 Å². The molecule has 3 rings (SSSR count). The minimum atomic E-state index is 0.191. The van der Waals surface area contributed by atoms with Gasteiger partial charge in [-0.15, -0.1) is 0 Å². The largest absolute Gasteiger partial charge is 0.300 e. The van der Waals surface area contributed by atoms with E-state index < -0.39 is 0 Å². The zero-order chi connectivity index (χ0) is 12.7. The monoisotopic (exact) mass is 243 g/mol. The van der Waals surface area contributed by atoms with E-state index in [2.05, 4.69) is 42.3 Å².